The second kappa shape index (κ2) is 7.95. The molecular formula is C22H25N3O2S2. The maximum Gasteiger partial charge on any atom is 0.260 e. The van der Waals surface area contributed by atoms with Gasteiger partial charge in [0.25, 0.3) is 5.56 Å². The molecule has 1 aromatic carbocycles. The summed E-state index contributed by atoms with van der Waals surface area (Å²) >= 11 is 2.91. The highest BCUT2D eigenvalue weighted by Crippen LogP contribution is 2.36. The molecule has 1 amide bonds. The van der Waals surface area contributed by atoms with Crippen molar-refractivity contribution in [3.63, 3.8) is 0 Å². The van der Waals surface area contributed by atoms with Crippen LogP contribution in [-0.4, -0.2) is 21.1 Å². The van der Waals surface area contributed by atoms with Gasteiger partial charge in [-0.05, 0) is 68.7 Å². The van der Waals surface area contributed by atoms with Crippen LogP contribution >= 0.6 is 23.1 Å². The van der Waals surface area contributed by atoms with Gasteiger partial charge in [-0.15, -0.1) is 11.3 Å². The lowest BCUT2D eigenvalue weighted by atomic mass is 9.89. The van der Waals surface area contributed by atoms with Crippen LogP contribution in [0, 0.1) is 19.8 Å². The van der Waals surface area contributed by atoms with Crippen molar-refractivity contribution in [2.45, 2.75) is 57.4 Å². The molecule has 0 bridgehead atoms. The molecule has 2 unspecified atom stereocenters. The fourth-order valence-electron chi connectivity index (χ4n) is 3.71. The van der Waals surface area contributed by atoms with E-state index in [4.69, 9.17) is 0 Å². The molecule has 0 spiro atoms. The van der Waals surface area contributed by atoms with Crippen LogP contribution in [0.3, 0.4) is 0 Å². The van der Waals surface area contributed by atoms with Crippen molar-refractivity contribution in [3.05, 3.63) is 50.1 Å². The fraction of sp³-hybridized carbons (Fsp3) is 0.409. The van der Waals surface area contributed by atoms with Gasteiger partial charge in [-0.3, -0.25) is 9.59 Å². The van der Waals surface area contributed by atoms with Gasteiger partial charge in [0.1, 0.15) is 4.83 Å². The number of thiophene rings is 1. The summed E-state index contributed by atoms with van der Waals surface area (Å²) in [7, 11) is 0. The van der Waals surface area contributed by atoms with E-state index < -0.39 is 0 Å². The van der Waals surface area contributed by atoms with Gasteiger partial charge in [0.05, 0.1) is 10.6 Å². The number of carbonyl (C=O) groups is 1. The Morgan fingerprint density at radius 1 is 1.38 bits per heavy atom. The smallest absolute Gasteiger partial charge is 0.260 e. The van der Waals surface area contributed by atoms with Gasteiger partial charge < -0.3 is 10.3 Å². The van der Waals surface area contributed by atoms with Crippen LogP contribution in [0.1, 0.15) is 41.8 Å². The minimum Gasteiger partial charge on any atom is -0.325 e. The first kappa shape index (κ1) is 20.2. The Bertz CT molecular complexity index is 1150. The summed E-state index contributed by atoms with van der Waals surface area (Å²) in [5.74, 6) is 0.544. The van der Waals surface area contributed by atoms with E-state index in [9.17, 15) is 9.59 Å². The van der Waals surface area contributed by atoms with Gasteiger partial charge >= 0.3 is 0 Å². The summed E-state index contributed by atoms with van der Waals surface area (Å²) in [6.45, 7) is 8.05. The quantitative estimate of drug-likeness (QED) is 0.461. The Labute approximate surface area is 178 Å². The number of carbonyl (C=O) groups excluding carboxylic acids is 1. The Hall–Kier alpha value is -2.12. The molecule has 0 fully saturated rings. The number of anilines is 1. The van der Waals surface area contributed by atoms with Gasteiger partial charge in [0, 0.05) is 10.6 Å². The molecule has 0 aliphatic heterocycles. The zero-order chi connectivity index (χ0) is 20.7. The summed E-state index contributed by atoms with van der Waals surface area (Å²) in [6, 6.07) is 5.98. The average molecular weight is 428 g/mol. The maximum absolute atomic E-state index is 12.7. The minimum absolute atomic E-state index is 0.0910. The number of aromatic nitrogens is 2. The van der Waals surface area contributed by atoms with E-state index in [1.54, 1.807) is 11.3 Å². The third-order valence-corrected chi connectivity index (χ3v) is 7.58. The monoisotopic (exact) mass is 427 g/mol. The minimum atomic E-state index is -0.384. The largest absolute Gasteiger partial charge is 0.325 e. The third kappa shape index (κ3) is 4.12. The Kier molecular flexibility index (Phi) is 5.53. The molecule has 2 aromatic heterocycles. The van der Waals surface area contributed by atoms with Crippen LogP contribution in [0.4, 0.5) is 5.69 Å². The van der Waals surface area contributed by atoms with Gasteiger partial charge in [-0.1, -0.05) is 30.8 Å². The van der Waals surface area contributed by atoms with Gasteiger partial charge in [0.2, 0.25) is 5.91 Å². The predicted molar refractivity (Wildman–Crippen MR) is 121 cm³/mol. The highest BCUT2D eigenvalue weighted by atomic mass is 32.2. The Morgan fingerprint density at radius 3 is 2.97 bits per heavy atom. The molecule has 0 saturated carbocycles. The zero-order valence-corrected chi connectivity index (χ0v) is 18.7. The number of benzene rings is 1. The average Bonchev–Trinajstić information content (AvgIpc) is 3.02. The number of rotatable bonds is 4. The summed E-state index contributed by atoms with van der Waals surface area (Å²) in [5, 5.41) is 3.85. The number of aryl methyl sites for hydroxylation is 3. The van der Waals surface area contributed by atoms with Crippen molar-refractivity contribution in [2.24, 2.45) is 5.92 Å². The Morgan fingerprint density at radius 2 is 2.17 bits per heavy atom. The SMILES string of the molecule is Cc1ccc(C)c(NC(=O)C(C)Sc2nc3sc4c(c3c(=O)[nH]2)CCC(C)C4)c1. The molecule has 1 aliphatic carbocycles. The first-order valence-corrected chi connectivity index (χ1v) is 11.6. The molecule has 2 N–H and O–H groups in total. The van der Waals surface area contributed by atoms with Crippen LogP contribution in [-0.2, 0) is 17.6 Å². The fourth-order valence-corrected chi connectivity index (χ4v) is 5.95. The van der Waals surface area contributed by atoms with Crippen molar-refractivity contribution >= 4 is 44.9 Å². The van der Waals surface area contributed by atoms with Crippen molar-refractivity contribution in [1.82, 2.24) is 9.97 Å². The molecule has 4 rings (SSSR count). The zero-order valence-electron chi connectivity index (χ0n) is 17.1. The highest BCUT2D eigenvalue weighted by Gasteiger charge is 2.24. The number of fused-ring (bicyclic) bond motifs is 3. The molecule has 152 valence electrons. The second-order valence-corrected chi connectivity index (χ2v) is 10.4. The number of amides is 1. The molecule has 3 aromatic rings. The van der Waals surface area contributed by atoms with Gasteiger partial charge in [-0.25, -0.2) is 4.98 Å². The van der Waals surface area contributed by atoms with Crippen LogP contribution < -0.4 is 10.9 Å². The number of nitrogens with zero attached hydrogens (tertiary/aromatic N) is 1. The number of H-pyrrole nitrogens is 1. The van der Waals surface area contributed by atoms with Crippen LogP contribution in [0.5, 0.6) is 0 Å². The number of thioether (sulfide) groups is 1. The molecule has 5 nitrogen and oxygen atoms in total. The summed E-state index contributed by atoms with van der Waals surface area (Å²) in [4.78, 5) is 35.1. The lowest BCUT2D eigenvalue weighted by Gasteiger charge is -2.17. The van der Waals surface area contributed by atoms with E-state index in [0.717, 1.165) is 46.3 Å². The highest BCUT2D eigenvalue weighted by molar-refractivity contribution is 8.00. The first-order chi connectivity index (χ1) is 13.8. The molecule has 2 atom stereocenters. The number of hydrogen-bond donors (Lipinski definition) is 2. The van der Waals surface area contributed by atoms with Gasteiger partial charge in [-0.2, -0.15) is 0 Å². The molecule has 7 heteroatoms. The summed E-state index contributed by atoms with van der Waals surface area (Å²) in [5.41, 5.74) is 4.02. The molecule has 29 heavy (non-hydrogen) atoms. The molecule has 0 saturated heterocycles. The molecule has 1 aliphatic rings. The van der Waals surface area contributed by atoms with Crippen LogP contribution in [0.25, 0.3) is 10.2 Å². The summed E-state index contributed by atoms with van der Waals surface area (Å²) in [6.07, 6.45) is 3.08. The normalized spacial score (nSPS) is 17.2. The predicted octanol–water partition coefficient (Wildman–Crippen LogP) is 4.85. The Balaban J connectivity index is 1.55. The standard InChI is InChI=1S/C22H25N3O2S2/c1-11-5-7-13(3)16(9-11)23-19(26)14(4)28-22-24-20(27)18-15-8-6-12(2)10-17(15)29-21(18)25-22/h5,7,9,12,14H,6,8,10H2,1-4H3,(H,23,26)(H,24,25,27). The van der Waals surface area contributed by atoms with Crippen molar-refractivity contribution < 1.29 is 4.79 Å². The van der Waals surface area contributed by atoms with Crippen molar-refractivity contribution in [3.8, 4) is 0 Å². The van der Waals surface area contributed by atoms with E-state index in [0.29, 0.717) is 11.1 Å². The van der Waals surface area contributed by atoms with Crippen molar-refractivity contribution in [2.75, 3.05) is 5.32 Å². The lowest BCUT2D eigenvalue weighted by Crippen LogP contribution is -2.23. The summed E-state index contributed by atoms with van der Waals surface area (Å²) < 4.78 is 0. The third-order valence-electron chi connectivity index (χ3n) is 5.45. The van der Waals surface area contributed by atoms with Crippen molar-refractivity contribution in [1.29, 1.82) is 0 Å². The first-order valence-electron chi connectivity index (χ1n) is 9.91. The topological polar surface area (TPSA) is 74.8 Å². The molecular weight excluding hydrogens is 402 g/mol. The van der Waals surface area contributed by atoms with Gasteiger partial charge in [0.15, 0.2) is 5.16 Å². The van der Waals surface area contributed by atoms with Crippen LogP contribution in [0.15, 0.2) is 28.2 Å². The van der Waals surface area contributed by atoms with Crippen LogP contribution in [0.2, 0.25) is 0 Å². The van der Waals surface area contributed by atoms with E-state index >= 15 is 0 Å². The number of aromatic amines is 1. The van der Waals surface area contributed by atoms with E-state index in [2.05, 4.69) is 22.2 Å². The molecule has 2 heterocycles. The second-order valence-electron chi connectivity index (χ2n) is 7.97. The maximum atomic E-state index is 12.7. The molecule has 0 radical (unpaired) electrons. The number of hydrogen-bond acceptors (Lipinski definition) is 5. The number of nitrogens with one attached hydrogen (secondary N) is 2. The van der Waals surface area contributed by atoms with E-state index in [-0.39, 0.29) is 16.7 Å². The van der Waals surface area contributed by atoms with E-state index in [1.807, 2.05) is 39.0 Å². The lowest BCUT2D eigenvalue weighted by molar-refractivity contribution is -0.115. The van der Waals surface area contributed by atoms with E-state index in [1.165, 1.54) is 22.2 Å².